The highest BCUT2D eigenvalue weighted by molar-refractivity contribution is 5.39. The Hall–Kier alpha value is -2.04. The van der Waals surface area contributed by atoms with Crippen molar-refractivity contribution in [2.45, 2.75) is 19.7 Å². The molecule has 0 unspecified atom stereocenters. The first-order valence-corrected chi connectivity index (χ1v) is 6.87. The Kier molecular flexibility index (Phi) is 5.60. The summed E-state index contributed by atoms with van der Waals surface area (Å²) < 4.78 is 10.4. The lowest BCUT2D eigenvalue weighted by molar-refractivity contribution is 0.184. The first-order chi connectivity index (χ1) is 10.2. The van der Waals surface area contributed by atoms with E-state index in [0.717, 1.165) is 17.9 Å². The van der Waals surface area contributed by atoms with Crippen molar-refractivity contribution in [3.05, 3.63) is 59.2 Å². The fourth-order valence-electron chi connectivity index (χ4n) is 2.19. The van der Waals surface area contributed by atoms with Crippen molar-refractivity contribution in [2.24, 2.45) is 0 Å². The van der Waals surface area contributed by atoms with E-state index >= 15 is 0 Å². The van der Waals surface area contributed by atoms with Crippen LogP contribution >= 0.6 is 0 Å². The van der Waals surface area contributed by atoms with Gasteiger partial charge in [-0.05, 0) is 29.3 Å². The minimum atomic E-state index is 0.272. The van der Waals surface area contributed by atoms with Gasteiger partial charge in [0, 0.05) is 25.8 Å². The number of rotatable bonds is 7. The molecule has 0 radical (unpaired) electrons. The molecule has 2 aromatic rings. The Morgan fingerprint density at radius 2 is 1.67 bits per heavy atom. The number of hydrogen-bond acceptors (Lipinski definition) is 4. The molecule has 4 heteroatoms. The SMILES string of the molecule is COCc1ccccc1CNCc1cc(OC)ccc1O. The molecular formula is C17H21NO3. The highest BCUT2D eigenvalue weighted by Gasteiger charge is 2.05. The molecule has 2 aromatic carbocycles. The molecule has 0 amide bonds. The molecule has 0 heterocycles. The monoisotopic (exact) mass is 287 g/mol. The minimum absolute atomic E-state index is 0.272. The normalized spacial score (nSPS) is 10.6. The molecule has 4 nitrogen and oxygen atoms in total. The van der Waals surface area contributed by atoms with Gasteiger partial charge in [0.2, 0.25) is 0 Å². The van der Waals surface area contributed by atoms with E-state index < -0.39 is 0 Å². The highest BCUT2D eigenvalue weighted by Crippen LogP contribution is 2.22. The van der Waals surface area contributed by atoms with Crippen LogP contribution in [0.2, 0.25) is 0 Å². The van der Waals surface area contributed by atoms with Gasteiger partial charge in [-0.3, -0.25) is 0 Å². The van der Waals surface area contributed by atoms with Gasteiger partial charge >= 0.3 is 0 Å². The van der Waals surface area contributed by atoms with E-state index in [1.165, 1.54) is 11.1 Å². The smallest absolute Gasteiger partial charge is 0.120 e. The second-order valence-corrected chi connectivity index (χ2v) is 4.80. The van der Waals surface area contributed by atoms with E-state index in [9.17, 15) is 5.11 Å². The molecule has 21 heavy (non-hydrogen) atoms. The van der Waals surface area contributed by atoms with Gasteiger partial charge < -0.3 is 19.9 Å². The summed E-state index contributed by atoms with van der Waals surface area (Å²) in [5.41, 5.74) is 3.18. The maximum Gasteiger partial charge on any atom is 0.120 e. The molecule has 0 spiro atoms. The Bertz CT molecular complexity index is 584. The zero-order chi connectivity index (χ0) is 15.1. The second-order valence-electron chi connectivity index (χ2n) is 4.80. The molecule has 2 rings (SSSR count). The summed E-state index contributed by atoms with van der Waals surface area (Å²) in [4.78, 5) is 0. The van der Waals surface area contributed by atoms with Crippen molar-refractivity contribution in [3.8, 4) is 11.5 Å². The zero-order valence-corrected chi connectivity index (χ0v) is 12.4. The molecule has 2 N–H and O–H groups in total. The lowest BCUT2D eigenvalue weighted by Crippen LogP contribution is -2.14. The number of aromatic hydroxyl groups is 1. The van der Waals surface area contributed by atoms with Crippen molar-refractivity contribution < 1.29 is 14.6 Å². The van der Waals surface area contributed by atoms with Crippen molar-refractivity contribution in [1.82, 2.24) is 5.32 Å². The van der Waals surface area contributed by atoms with Crippen LogP contribution in [0.3, 0.4) is 0 Å². The van der Waals surface area contributed by atoms with E-state index in [1.807, 2.05) is 18.2 Å². The maximum atomic E-state index is 9.85. The fraction of sp³-hybridized carbons (Fsp3) is 0.294. The van der Waals surface area contributed by atoms with Crippen molar-refractivity contribution in [3.63, 3.8) is 0 Å². The maximum absolute atomic E-state index is 9.85. The molecule has 0 saturated heterocycles. The van der Waals surface area contributed by atoms with Gasteiger partial charge in [0.25, 0.3) is 0 Å². The van der Waals surface area contributed by atoms with Crippen LogP contribution in [0.5, 0.6) is 11.5 Å². The Morgan fingerprint density at radius 3 is 2.38 bits per heavy atom. The third kappa shape index (κ3) is 4.21. The lowest BCUT2D eigenvalue weighted by Gasteiger charge is -2.11. The van der Waals surface area contributed by atoms with Crippen LogP contribution in [0, 0.1) is 0 Å². The number of phenolic OH excluding ortho intramolecular Hbond substituents is 1. The van der Waals surface area contributed by atoms with Crippen LogP contribution in [0.15, 0.2) is 42.5 Å². The topological polar surface area (TPSA) is 50.7 Å². The average Bonchev–Trinajstić information content (AvgIpc) is 2.51. The average molecular weight is 287 g/mol. The Labute approximate surface area is 125 Å². The van der Waals surface area contributed by atoms with E-state index in [-0.39, 0.29) is 5.75 Å². The predicted octanol–water partition coefficient (Wildman–Crippen LogP) is 2.84. The van der Waals surface area contributed by atoms with Gasteiger partial charge in [-0.2, -0.15) is 0 Å². The summed E-state index contributed by atoms with van der Waals surface area (Å²) in [6.45, 7) is 1.89. The number of phenols is 1. The highest BCUT2D eigenvalue weighted by atomic mass is 16.5. The third-order valence-corrected chi connectivity index (χ3v) is 3.34. The standard InChI is InChI=1S/C17H21NO3/c1-20-12-14-6-4-3-5-13(14)10-18-11-15-9-16(21-2)7-8-17(15)19/h3-9,18-19H,10-12H2,1-2H3. The Morgan fingerprint density at radius 1 is 0.952 bits per heavy atom. The van der Waals surface area contributed by atoms with Crippen molar-refractivity contribution >= 4 is 0 Å². The molecular weight excluding hydrogens is 266 g/mol. The first-order valence-electron chi connectivity index (χ1n) is 6.87. The van der Waals surface area contributed by atoms with E-state index in [2.05, 4.69) is 17.4 Å². The zero-order valence-electron chi connectivity index (χ0n) is 12.4. The molecule has 0 atom stereocenters. The van der Waals surface area contributed by atoms with E-state index in [4.69, 9.17) is 9.47 Å². The van der Waals surface area contributed by atoms with E-state index in [1.54, 1.807) is 26.4 Å². The van der Waals surface area contributed by atoms with Crippen LogP contribution in [-0.2, 0) is 24.4 Å². The molecule has 112 valence electrons. The largest absolute Gasteiger partial charge is 0.508 e. The number of ether oxygens (including phenoxy) is 2. The van der Waals surface area contributed by atoms with Crippen LogP contribution in [0.25, 0.3) is 0 Å². The Balaban J connectivity index is 1.98. The summed E-state index contributed by atoms with van der Waals surface area (Å²) in [6.07, 6.45) is 0. The van der Waals surface area contributed by atoms with Crippen LogP contribution in [0.1, 0.15) is 16.7 Å². The van der Waals surface area contributed by atoms with Gasteiger partial charge in [0.15, 0.2) is 0 Å². The predicted molar refractivity (Wildman–Crippen MR) is 82.4 cm³/mol. The van der Waals surface area contributed by atoms with Crippen LogP contribution in [0.4, 0.5) is 0 Å². The van der Waals surface area contributed by atoms with Gasteiger partial charge in [0.05, 0.1) is 13.7 Å². The molecule has 0 saturated carbocycles. The minimum Gasteiger partial charge on any atom is -0.508 e. The van der Waals surface area contributed by atoms with Crippen molar-refractivity contribution in [1.29, 1.82) is 0 Å². The number of nitrogens with one attached hydrogen (secondary N) is 1. The molecule has 0 aliphatic rings. The van der Waals surface area contributed by atoms with Gasteiger partial charge in [-0.15, -0.1) is 0 Å². The third-order valence-electron chi connectivity index (χ3n) is 3.34. The van der Waals surface area contributed by atoms with E-state index in [0.29, 0.717) is 13.2 Å². The van der Waals surface area contributed by atoms with Gasteiger partial charge in [0.1, 0.15) is 11.5 Å². The van der Waals surface area contributed by atoms with Gasteiger partial charge in [-0.25, -0.2) is 0 Å². The first kappa shape index (κ1) is 15.4. The number of benzene rings is 2. The molecule has 0 fully saturated rings. The van der Waals surface area contributed by atoms with Crippen molar-refractivity contribution in [2.75, 3.05) is 14.2 Å². The second kappa shape index (κ2) is 7.67. The van der Waals surface area contributed by atoms with Crippen LogP contribution in [-0.4, -0.2) is 19.3 Å². The summed E-state index contributed by atoms with van der Waals surface area (Å²) in [6, 6.07) is 13.4. The molecule has 0 bridgehead atoms. The molecule has 0 aliphatic carbocycles. The summed E-state index contributed by atoms with van der Waals surface area (Å²) in [5, 5.41) is 13.2. The summed E-state index contributed by atoms with van der Waals surface area (Å²) in [7, 11) is 3.31. The number of methoxy groups -OCH3 is 2. The quantitative estimate of drug-likeness (QED) is 0.822. The summed E-state index contributed by atoms with van der Waals surface area (Å²) in [5.74, 6) is 1.01. The molecule has 0 aromatic heterocycles. The molecule has 0 aliphatic heterocycles. The lowest BCUT2D eigenvalue weighted by atomic mass is 10.1. The van der Waals surface area contributed by atoms with Gasteiger partial charge in [-0.1, -0.05) is 24.3 Å². The number of hydrogen-bond donors (Lipinski definition) is 2. The summed E-state index contributed by atoms with van der Waals surface area (Å²) >= 11 is 0. The van der Waals surface area contributed by atoms with Crippen LogP contribution < -0.4 is 10.1 Å². The fourth-order valence-corrected chi connectivity index (χ4v) is 2.19.